The van der Waals surface area contributed by atoms with Crippen LogP contribution >= 0.6 is 15.9 Å². The minimum atomic E-state index is -0.314. The van der Waals surface area contributed by atoms with Crippen LogP contribution in [-0.2, 0) is 11.2 Å². The minimum absolute atomic E-state index is 0.154. The Hall–Kier alpha value is -2.32. The summed E-state index contributed by atoms with van der Waals surface area (Å²) in [6.45, 7) is 0.506. The fourth-order valence-corrected chi connectivity index (χ4v) is 2.16. The molecule has 2 aromatic carbocycles. The summed E-state index contributed by atoms with van der Waals surface area (Å²) >= 11 is 3.36. The van der Waals surface area contributed by atoms with E-state index in [0.717, 1.165) is 15.8 Å². The van der Waals surface area contributed by atoms with Gasteiger partial charge in [-0.2, -0.15) is 0 Å². The Morgan fingerprint density at radius 2 is 1.96 bits per heavy atom. The van der Waals surface area contributed by atoms with Crippen molar-refractivity contribution in [3.8, 4) is 17.6 Å². The summed E-state index contributed by atoms with van der Waals surface area (Å²) in [4.78, 5) is 11.7. The van der Waals surface area contributed by atoms with Gasteiger partial charge in [0.25, 0.3) is 0 Å². The molecule has 0 saturated heterocycles. The van der Waals surface area contributed by atoms with E-state index in [9.17, 15) is 9.18 Å². The molecule has 0 radical (unpaired) electrons. The van der Waals surface area contributed by atoms with E-state index < -0.39 is 0 Å². The molecule has 23 heavy (non-hydrogen) atoms. The van der Waals surface area contributed by atoms with Crippen molar-refractivity contribution in [2.24, 2.45) is 0 Å². The average molecular weight is 376 g/mol. The number of carbonyl (C=O) groups is 1. The Balaban J connectivity index is 1.67. The van der Waals surface area contributed by atoms with E-state index in [1.807, 2.05) is 24.3 Å². The molecule has 0 heterocycles. The van der Waals surface area contributed by atoms with E-state index in [4.69, 9.17) is 4.74 Å². The molecule has 0 saturated carbocycles. The molecule has 0 unspecified atom stereocenters. The molecular formula is C18H15BrFNO2. The van der Waals surface area contributed by atoms with Crippen LogP contribution in [0.2, 0.25) is 0 Å². The molecule has 1 N–H and O–H groups in total. The minimum Gasteiger partial charge on any atom is -0.481 e. The van der Waals surface area contributed by atoms with Crippen LogP contribution in [0.25, 0.3) is 0 Å². The third kappa shape index (κ3) is 6.54. The van der Waals surface area contributed by atoms with Gasteiger partial charge in [0, 0.05) is 4.47 Å². The number of hydrogen-bond donors (Lipinski definition) is 1. The Morgan fingerprint density at radius 1 is 1.17 bits per heavy atom. The second-order valence-corrected chi connectivity index (χ2v) is 5.60. The van der Waals surface area contributed by atoms with Crippen LogP contribution < -0.4 is 10.1 Å². The molecule has 2 rings (SSSR count). The molecule has 0 aromatic heterocycles. The highest BCUT2D eigenvalue weighted by Crippen LogP contribution is 2.17. The summed E-state index contributed by atoms with van der Waals surface area (Å²) < 4.78 is 19.1. The van der Waals surface area contributed by atoms with Gasteiger partial charge in [-0.25, -0.2) is 4.39 Å². The third-order valence-corrected chi connectivity index (χ3v) is 3.38. The number of rotatable bonds is 5. The lowest BCUT2D eigenvalue weighted by Crippen LogP contribution is -2.25. The normalized spacial score (nSPS) is 9.65. The molecule has 0 aliphatic rings. The van der Waals surface area contributed by atoms with E-state index in [1.165, 1.54) is 12.1 Å². The van der Waals surface area contributed by atoms with Crippen molar-refractivity contribution in [3.05, 3.63) is 64.4 Å². The molecule has 2 aromatic rings. The zero-order chi connectivity index (χ0) is 16.5. The lowest BCUT2D eigenvalue weighted by molar-refractivity contribution is -0.120. The second kappa shape index (κ2) is 8.96. The number of nitrogens with one attached hydrogen (secondary N) is 1. The SMILES string of the molecule is O=C(Cc1ccc(F)cc1)NCC#CCOc1cccc(Br)c1. The molecule has 0 aliphatic carbocycles. The van der Waals surface area contributed by atoms with Gasteiger partial charge < -0.3 is 10.1 Å². The molecule has 5 heteroatoms. The Morgan fingerprint density at radius 3 is 2.70 bits per heavy atom. The first-order chi connectivity index (χ1) is 11.1. The highest BCUT2D eigenvalue weighted by Gasteiger charge is 2.01. The number of benzene rings is 2. The van der Waals surface area contributed by atoms with Gasteiger partial charge in [-0.05, 0) is 35.9 Å². The summed E-state index contributed by atoms with van der Waals surface area (Å²) in [5.74, 6) is 5.91. The van der Waals surface area contributed by atoms with Crippen LogP contribution in [0.5, 0.6) is 5.75 Å². The van der Waals surface area contributed by atoms with Gasteiger partial charge in [-0.1, -0.05) is 46.0 Å². The smallest absolute Gasteiger partial charge is 0.225 e. The molecule has 0 bridgehead atoms. The Bertz CT molecular complexity index is 720. The van der Waals surface area contributed by atoms with E-state index in [2.05, 4.69) is 33.1 Å². The van der Waals surface area contributed by atoms with Crippen molar-refractivity contribution in [3.63, 3.8) is 0 Å². The monoisotopic (exact) mass is 375 g/mol. The van der Waals surface area contributed by atoms with Crippen LogP contribution in [0.15, 0.2) is 53.0 Å². The van der Waals surface area contributed by atoms with E-state index >= 15 is 0 Å². The molecule has 0 fully saturated rings. The van der Waals surface area contributed by atoms with Gasteiger partial charge in [0.2, 0.25) is 5.91 Å². The van der Waals surface area contributed by atoms with Crippen LogP contribution in [0.4, 0.5) is 4.39 Å². The maximum Gasteiger partial charge on any atom is 0.225 e. The van der Waals surface area contributed by atoms with Gasteiger partial charge >= 0.3 is 0 Å². The van der Waals surface area contributed by atoms with Crippen molar-refractivity contribution in [1.82, 2.24) is 5.32 Å². The predicted octanol–water partition coefficient (Wildman–Crippen LogP) is 3.33. The highest BCUT2D eigenvalue weighted by atomic mass is 79.9. The van der Waals surface area contributed by atoms with Crippen LogP contribution in [0.3, 0.4) is 0 Å². The third-order valence-electron chi connectivity index (χ3n) is 2.88. The maximum absolute atomic E-state index is 12.8. The zero-order valence-electron chi connectivity index (χ0n) is 12.3. The molecule has 0 aliphatic heterocycles. The molecular weight excluding hydrogens is 361 g/mol. The number of halogens is 2. The fraction of sp³-hybridized carbons (Fsp3) is 0.167. The molecule has 0 spiro atoms. The van der Waals surface area contributed by atoms with Crippen LogP contribution in [-0.4, -0.2) is 19.1 Å². The first-order valence-electron chi connectivity index (χ1n) is 6.99. The quantitative estimate of drug-likeness (QED) is 0.814. The standard InChI is InChI=1S/C18H15BrFNO2/c19-15-4-3-5-17(13-15)23-11-2-1-10-21-18(22)12-14-6-8-16(20)9-7-14/h3-9,13H,10-12H2,(H,21,22). The summed E-state index contributed by atoms with van der Waals surface area (Å²) in [5, 5.41) is 2.68. The van der Waals surface area contributed by atoms with E-state index in [-0.39, 0.29) is 31.3 Å². The van der Waals surface area contributed by atoms with Gasteiger partial charge in [-0.15, -0.1) is 0 Å². The summed E-state index contributed by atoms with van der Waals surface area (Å²) in [6, 6.07) is 13.3. The lowest BCUT2D eigenvalue weighted by atomic mass is 10.1. The van der Waals surface area contributed by atoms with Crippen molar-refractivity contribution in [1.29, 1.82) is 0 Å². The first-order valence-corrected chi connectivity index (χ1v) is 7.78. The van der Waals surface area contributed by atoms with Gasteiger partial charge in [0.1, 0.15) is 18.2 Å². The fourth-order valence-electron chi connectivity index (χ4n) is 1.78. The van der Waals surface area contributed by atoms with Crippen LogP contribution in [0.1, 0.15) is 5.56 Å². The van der Waals surface area contributed by atoms with E-state index in [1.54, 1.807) is 12.1 Å². The van der Waals surface area contributed by atoms with E-state index in [0.29, 0.717) is 0 Å². The number of ether oxygens (including phenoxy) is 1. The summed E-state index contributed by atoms with van der Waals surface area (Å²) in [5.41, 5.74) is 0.759. The van der Waals surface area contributed by atoms with Gasteiger partial charge in [-0.3, -0.25) is 4.79 Å². The molecule has 0 atom stereocenters. The first kappa shape index (κ1) is 17.0. The Labute approximate surface area is 143 Å². The number of carbonyl (C=O) groups excluding carboxylic acids is 1. The van der Waals surface area contributed by atoms with Crippen molar-refractivity contribution < 1.29 is 13.9 Å². The van der Waals surface area contributed by atoms with Gasteiger partial charge in [0.05, 0.1) is 13.0 Å². The maximum atomic E-state index is 12.8. The summed E-state index contributed by atoms with van der Waals surface area (Å²) in [7, 11) is 0. The number of amides is 1. The zero-order valence-corrected chi connectivity index (χ0v) is 13.9. The lowest BCUT2D eigenvalue weighted by Gasteiger charge is -2.02. The topological polar surface area (TPSA) is 38.3 Å². The largest absolute Gasteiger partial charge is 0.481 e. The van der Waals surface area contributed by atoms with Crippen molar-refractivity contribution in [2.75, 3.05) is 13.2 Å². The van der Waals surface area contributed by atoms with Crippen molar-refractivity contribution in [2.45, 2.75) is 6.42 Å². The predicted molar refractivity (Wildman–Crippen MR) is 90.5 cm³/mol. The average Bonchev–Trinajstić information content (AvgIpc) is 2.53. The molecule has 3 nitrogen and oxygen atoms in total. The summed E-state index contributed by atoms with van der Waals surface area (Å²) in [6.07, 6.45) is 0.205. The Kier molecular flexibility index (Phi) is 6.64. The molecule has 118 valence electrons. The van der Waals surface area contributed by atoms with Crippen molar-refractivity contribution >= 4 is 21.8 Å². The number of hydrogen-bond acceptors (Lipinski definition) is 2. The second-order valence-electron chi connectivity index (χ2n) is 4.68. The van der Waals surface area contributed by atoms with Gasteiger partial charge in [0.15, 0.2) is 0 Å². The highest BCUT2D eigenvalue weighted by molar-refractivity contribution is 9.10. The molecule has 1 amide bonds. The van der Waals surface area contributed by atoms with Crippen LogP contribution in [0, 0.1) is 17.7 Å².